The smallest absolute Gasteiger partial charge is 0.319 e. The summed E-state index contributed by atoms with van der Waals surface area (Å²) in [6, 6.07) is 1.98. The average molecular weight is 231 g/mol. The minimum atomic E-state index is -1.03. The molecule has 0 aliphatic carbocycles. The molecular formula is C10H11F2NO3. The summed E-state index contributed by atoms with van der Waals surface area (Å²) in [5.41, 5.74) is 0.289. The minimum Gasteiger partial charge on any atom is -0.503 e. The number of nitrogens with one attached hydrogen (secondary N) is 1. The highest BCUT2D eigenvalue weighted by Crippen LogP contribution is 2.21. The highest BCUT2D eigenvalue weighted by atomic mass is 19.1. The van der Waals surface area contributed by atoms with E-state index in [9.17, 15) is 13.6 Å². The van der Waals surface area contributed by atoms with Crippen LogP contribution in [0.15, 0.2) is 12.1 Å². The zero-order valence-electron chi connectivity index (χ0n) is 8.59. The third-order valence-corrected chi connectivity index (χ3v) is 1.90. The number of halogens is 2. The van der Waals surface area contributed by atoms with Crippen molar-refractivity contribution >= 4 is 5.97 Å². The molecule has 0 spiro atoms. The Morgan fingerprint density at radius 1 is 1.44 bits per heavy atom. The van der Waals surface area contributed by atoms with Crippen molar-refractivity contribution in [2.45, 2.75) is 6.54 Å². The molecule has 0 amide bonds. The third-order valence-electron chi connectivity index (χ3n) is 1.90. The summed E-state index contributed by atoms with van der Waals surface area (Å²) in [6.07, 6.45) is 0. The molecule has 6 heteroatoms. The Labute approximate surface area is 90.8 Å². The predicted octanol–water partition coefficient (Wildman–Crippen LogP) is 0.933. The molecular weight excluding hydrogens is 220 g/mol. The van der Waals surface area contributed by atoms with Crippen LogP contribution in [0.5, 0.6) is 5.75 Å². The van der Waals surface area contributed by atoms with E-state index in [4.69, 9.17) is 5.11 Å². The fraction of sp³-hybridized carbons (Fsp3) is 0.300. The largest absolute Gasteiger partial charge is 0.503 e. The van der Waals surface area contributed by atoms with Gasteiger partial charge in [0.05, 0.1) is 13.7 Å². The van der Waals surface area contributed by atoms with Crippen LogP contribution in [0, 0.1) is 11.6 Å². The Bertz CT molecular complexity index is 373. The Hall–Kier alpha value is -1.69. The lowest BCUT2D eigenvalue weighted by molar-refractivity contribution is -0.139. The number of methoxy groups -OCH3 is 1. The van der Waals surface area contributed by atoms with Crippen LogP contribution in [-0.2, 0) is 16.1 Å². The predicted molar refractivity (Wildman–Crippen MR) is 51.7 cm³/mol. The normalized spacial score (nSPS) is 10.2. The topological polar surface area (TPSA) is 58.6 Å². The second kappa shape index (κ2) is 5.41. The van der Waals surface area contributed by atoms with Crippen LogP contribution in [0.4, 0.5) is 8.78 Å². The number of phenols is 1. The minimum absolute atomic E-state index is 0.0549. The van der Waals surface area contributed by atoms with Gasteiger partial charge in [0.1, 0.15) is 0 Å². The van der Waals surface area contributed by atoms with Crippen LogP contribution in [0.25, 0.3) is 0 Å². The van der Waals surface area contributed by atoms with E-state index in [1.165, 1.54) is 7.11 Å². The van der Waals surface area contributed by atoms with Gasteiger partial charge in [-0.1, -0.05) is 0 Å². The molecule has 0 fully saturated rings. The summed E-state index contributed by atoms with van der Waals surface area (Å²) in [5, 5.41) is 11.5. The van der Waals surface area contributed by atoms with Gasteiger partial charge in [0, 0.05) is 6.54 Å². The van der Waals surface area contributed by atoms with Gasteiger partial charge in [-0.2, -0.15) is 0 Å². The molecule has 0 heterocycles. The van der Waals surface area contributed by atoms with Crippen molar-refractivity contribution in [3.05, 3.63) is 29.3 Å². The molecule has 2 N–H and O–H groups in total. The quantitative estimate of drug-likeness (QED) is 0.757. The maximum absolute atomic E-state index is 12.9. The van der Waals surface area contributed by atoms with Crippen molar-refractivity contribution in [1.29, 1.82) is 0 Å². The molecule has 0 saturated heterocycles. The number of phenolic OH excluding ortho intramolecular Hbond substituents is 1. The number of benzene rings is 1. The van der Waals surface area contributed by atoms with Crippen LogP contribution < -0.4 is 5.32 Å². The molecule has 16 heavy (non-hydrogen) atoms. The van der Waals surface area contributed by atoms with Crippen molar-refractivity contribution < 1.29 is 23.4 Å². The molecule has 4 nitrogen and oxygen atoms in total. The summed E-state index contributed by atoms with van der Waals surface area (Å²) in [5.74, 6) is -3.54. The molecule has 0 atom stereocenters. The first-order valence-electron chi connectivity index (χ1n) is 4.49. The monoisotopic (exact) mass is 231 g/mol. The number of ether oxygens (including phenoxy) is 1. The van der Waals surface area contributed by atoms with Crippen molar-refractivity contribution in [2.75, 3.05) is 13.7 Å². The Balaban J connectivity index is 2.58. The molecule has 1 aromatic rings. The number of hydrogen-bond donors (Lipinski definition) is 2. The summed E-state index contributed by atoms with van der Waals surface area (Å²) in [6.45, 7) is 0.0455. The average Bonchev–Trinajstić information content (AvgIpc) is 2.25. The van der Waals surface area contributed by atoms with Gasteiger partial charge in [0.15, 0.2) is 17.4 Å². The standard InChI is InChI=1S/C10H11F2NO3/c1-16-9(14)5-13-4-6-2-7(11)10(15)8(12)3-6/h2-3,13,15H,4-5H2,1H3. The number of rotatable bonds is 4. The van der Waals surface area contributed by atoms with Crippen molar-refractivity contribution in [1.82, 2.24) is 5.32 Å². The summed E-state index contributed by atoms with van der Waals surface area (Å²) >= 11 is 0. The van der Waals surface area contributed by atoms with Gasteiger partial charge in [0.25, 0.3) is 0 Å². The number of aromatic hydroxyl groups is 1. The van der Waals surface area contributed by atoms with E-state index in [1.807, 2.05) is 0 Å². The highest BCUT2D eigenvalue weighted by molar-refractivity contribution is 5.71. The van der Waals surface area contributed by atoms with Crippen LogP contribution in [0.1, 0.15) is 5.56 Å². The Morgan fingerprint density at radius 2 is 2.00 bits per heavy atom. The van der Waals surface area contributed by atoms with Crippen molar-refractivity contribution in [3.63, 3.8) is 0 Å². The second-order valence-corrected chi connectivity index (χ2v) is 3.09. The van der Waals surface area contributed by atoms with E-state index in [0.29, 0.717) is 0 Å². The van der Waals surface area contributed by atoms with Crippen LogP contribution >= 0.6 is 0 Å². The third kappa shape index (κ3) is 3.16. The number of hydrogen-bond acceptors (Lipinski definition) is 4. The molecule has 0 bridgehead atoms. The molecule has 1 rings (SSSR count). The zero-order valence-corrected chi connectivity index (χ0v) is 8.59. The first-order valence-corrected chi connectivity index (χ1v) is 4.49. The second-order valence-electron chi connectivity index (χ2n) is 3.09. The Morgan fingerprint density at radius 3 is 2.50 bits per heavy atom. The van der Waals surface area contributed by atoms with Gasteiger partial charge in [-0.15, -0.1) is 0 Å². The first kappa shape index (κ1) is 12.4. The van der Waals surface area contributed by atoms with Gasteiger partial charge < -0.3 is 15.2 Å². The van der Waals surface area contributed by atoms with Gasteiger partial charge >= 0.3 is 5.97 Å². The molecule has 0 radical (unpaired) electrons. The molecule has 0 unspecified atom stereocenters. The fourth-order valence-electron chi connectivity index (χ4n) is 1.10. The number of carbonyl (C=O) groups is 1. The molecule has 1 aromatic carbocycles. The zero-order chi connectivity index (χ0) is 12.1. The highest BCUT2D eigenvalue weighted by Gasteiger charge is 2.09. The van der Waals surface area contributed by atoms with Gasteiger partial charge in [-0.25, -0.2) is 8.78 Å². The molecule has 0 aromatic heterocycles. The lowest BCUT2D eigenvalue weighted by Crippen LogP contribution is -2.23. The maximum atomic E-state index is 12.9. The summed E-state index contributed by atoms with van der Waals surface area (Å²) in [7, 11) is 1.24. The molecule has 88 valence electrons. The lowest BCUT2D eigenvalue weighted by atomic mass is 10.2. The van der Waals surface area contributed by atoms with Gasteiger partial charge in [-0.3, -0.25) is 4.79 Å². The fourth-order valence-corrected chi connectivity index (χ4v) is 1.10. The van der Waals surface area contributed by atoms with E-state index >= 15 is 0 Å². The van der Waals surface area contributed by atoms with Crippen LogP contribution in [-0.4, -0.2) is 24.7 Å². The van der Waals surface area contributed by atoms with Crippen molar-refractivity contribution in [3.8, 4) is 5.75 Å². The van der Waals surface area contributed by atoms with E-state index < -0.39 is 23.4 Å². The molecule has 0 aliphatic heterocycles. The van der Waals surface area contributed by atoms with E-state index in [2.05, 4.69) is 10.1 Å². The Kier molecular flexibility index (Phi) is 4.19. The first-order chi connectivity index (χ1) is 7.54. The van der Waals surface area contributed by atoms with Gasteiger partial charge in [-0.05, 0) is 17.7 Å². The van der Waals surface area contributed by atoms with Crippen LogP contribution in [0.3, 0.4) is 0 Å². The van der Waals surface area contributed by atoms with Crippen LogP contribution in [0.2, 0.25) is 0 Å². The van der Waals surface area contributed by atoms with Gasteiger partial charge in [0.2, 0.25) is 0 Å². The maximum Gasteiger partial charge on any atom is 0.319 e. The van der Waals surface area contributed by atoms with Crippen molar-refractivity contribution in [2.24, 2.45) is 0 Å². The SMILES string of the molecule is COC(=O)CNCc1cc(F)c(O)c(F)c1. The van der Waals surface area contributed by atoms with E-state index in [0.717, 1.165) is 12.1 Å². The lowest BCUT2D eigenvalue weighted by Gasteiger charge is -2.05. The number of carbonyl (C=O) groups excluding carboxylic acids is 1. The van der Waals surface area contributed by atoms with E-state index in [-0.39, 0.29) is 18.7 Å². The summed E-state index contributed by atoms with van der Waals surface area (Å²) in [4.78, 5) is 10.7. The summed E-state index contributed by atoms with van der Waals surface area (Å²) < 4.78 is 30.1. The molecule has 0 aliphatic rings. The molecule has 0 saturated carbocycles. The van der Waals surface area contributed by atoms with E-state index in [1.54, 1.807) is 0 Å². The number of esters is 1.